The van der Waals surface area contributed by atoms with E-state index in [1.807, 2.05) is 24.3 Å². The minimum absolute atomic E-state index is 0.256. The first-order valence-corrected chi connectivity index (χ1v) is 9.59. The maximum Gasteiger partial charge on any atom is 0.225 e. The molecule has 0 aliphatic heterocycles. The van der Waals surface area contributed by atoms with E-state index in [4.69, 9.17) is 11.6 Å². The van der Waals surface area contributed by atoms with Gasteiger partial charge in [0.1, 0.15) is 10.6 Å². The Kier molecular flexibility index (Phi) is 4.39. The van der Waals surface area contributed by atoms with Gasteiger partial charge in [0.2, 0.25) is 5.28 Å². The molecule has 0 saturated carbocycles. The highest BCUT2D eigenvalue weighted by Gasteiger charge is 2.18. The molecule has 1 N–H and O–H groups in total. The predicted molar refractivity (Wildman–Crippen MR) is 112 cm³/mol. The lowest BCUT2D eigenvalue weighted by Gasteiger charge is -2.13. The Bertz CT molecular complexity index is 1100. The molecule has 0 aliphatic rings. The van der Waals surface area contributed by atoms with Crippen LogP contribution in [0.3, 0.4) is 0 Å². The first-order valence-electron chi connectivity index (χ1n) is 8.40. The molecule has 4 rings (SSSR count). The minimum atomic E-state index is 0.256. The predicted octanol–water partition coefficient (Wildman–Crippen LogP) is 6.68. The smallest absolute Gasteiger partial charge is 0.225 e. The highest BCUT2D eigenvalue weighted by molar-refractivity contribution is 7.19. The zero-order valence-corrected chi connectivity index (χ0v) is 16.4. The van der Waals surface area contributed by atoms with Gasteiger partial charge in [-0.2, -0.15) is 4.98 Å². The minimum Gasteiger partial charge on any atom is -0.339 e. The van der Waals surface area contributed by atoms with E-state index in [0.717, 1.165) is 32.8 Å². The molecule has 0 unspecified atom stereocenters. The van der Waals surface area contributed by atoms with E-state index >= 15 is 0 Å². The number of hydrogen-bond donors (Lipinski definition) is 1. The molecule has 0 fully saturated rings. The van der Waals surface area contributed by atoms with Crippen LogP contribution in [0.4, 0.5) is 11.5 Å². The van der Waals surface area contributed by atoms with Crippen molar-refractivity contribution in [1.29, 1.82) is 0 Å². The van der Waals surface area contributed by atoms with Crippen LogP contribution >= 0.6 is 22.9 Å². The van der Waals surface area contributed by atoms with Gasteiger partial charge in [0.25, 0.3) is 0 Å². The van der Waals surface area contributed by atoms with Crippen molar-refractivity contribution in [3.63, 3.8) is 0 Å². The van der Waals surface area contributed by atoms with E-state index in [0.29, 0.717) is 0 Å². The Morgan fingerprint density at radius 1 is 0.923 bits per heavy atom. The summed E-state index contributed by atoms with van der Waals surface area (Å²) in [6.45, 7) is 6.33. The Morgan fingerprint density at radius 2 is 1.69 bits per heavy atom. The fourth-order valence-electron chi connectivity index (χ4n) is 3.14. The van der Waals surface area contributed by atoms with E-state index in [1.165, 1.54) is 16.0 Å². The molecule has 2 aromatic heterocycles. The summed E-state index contributed by atoms with van der Waals surface area (Å²) in [5, 5.41) is 4.76. The van der Waals surface area contributed by atoms with Crippen molar-refractivity contribution in [1.82, 2.24) is 9.97 Å². The van der Waals surface area contributed by atoms with Crippen molar-refractivity contribution in [2.75, 3.05) is 5.32 Å². The highest BCUT2D eigenvalue weighted by Crippen LogP contribution is 2.42. The second-order valence-electron chi connectivity index (χ2n) is 6.29. The normalized spacial score (nSPS) is 11.1. The lowest BCUT2D eigenvalue weighted by Crippen LogP contribution is -1.99. The molecular weight excluding hydrogens is 362 g/mol. The SMILES string of the molecule is Cc1cccc(Nc2nc(Cl)nc3sc(C)c(-c4ccccc4)c23)c1C. The molecule has 0 aliphatic carbocycles. The van der Waals surface area contributed by atoms with Crippen molar-refractivity contribution in [2.24, 2.45) is 0 Å². The molecule has 0 atom stereocenters. The molecular formula is C21H18ClN3S. The summed E-state index contributed by atoms with van der Waals surface area (Å²) < 4.78 is 0. The van der Waals surface area contributed by atoms with Gasteiger partial charge >= 0.3 is 0 Å². The molecule has 2 heterocycles. The molecule has 0 spiro atoms. The summed E-state index contributed by atoms with van der Waals surface area (Å²) in [6.07, 6.45) is 0. The summed E-state index contributed by atoms with van der Waals surface area (Å²) in [7, 11) is 0. The fraction of sp³-hybridized carbons (Fsp3) is 0.143. The highest BCUT2D eigenvalue weighted by atomic mass is 35.5. The number of fused-ring (bicyclic) bond motifs is 1. The molecule has 4 aromatic rings. The molecule has 0 bridgehead atoms. The van der Waals surface area contributed by atoms with E-state index in [-0.39, 0.29) is 5.28 Å². The van der Waals surface area contributed by atoms with Crippen LogP contribution in [0.15, 0.2) is 48.5 Å². The zero-order valence-electron chi connectivity index (χ0n) is 14.8. The summed E-state index contributed by atoms with van der Waals surface area (Å²) in [6, 6.07) is 16.6. The summed E-state index contributed by atoms with van der Waals surface area (Å²) >= 11 is 7.86. The van der Waals surface area contributed by atoms with E-state index in [2.05, 4.69) is 60.3 Å². The second-order valence-corrected chi connectivity index (χ2v) is 7.83. The number of benzene rings is 2. The average Bonchev–Trinajstić information content (AvgIpc) is 2.95. The van der Waals surface area contributed by atoms with E-state index in [1.54, 1.807) is 11.3 Å². The van der Waals surface area contributed by atoms with Gasteiger partial charge in [-0.15, -0.1) is 11.3 Å². The third-order valence-electron chi connectivity index (χ3n) is 4.62. The van der Waals surface area contributed by atoms with Gasteiger partial charge in [0.05, 0.1) is 5.39 Å². The molecule has 3 nitrogen and oxygen atoms in total. The number of anilines is 2. The standard InChI is InChI=1S/C21H18ClN3S/c1-12-8-7-11-16(13(12)2)23-19-18-17(15-9-5-4-6-10-15)14(3)26-20(18)25-21(22)24-19/h4-11H,1-3H3,(H,23,24,25). The van der Waals surface area contributed by atoms with Crippen LogP contribution in [0.2, 0.25) is 5.28 Å². The summed E-state index contributed by atoms with van der Waals surface area (Å²) in [4.78, 5) is 11.1. The third kappa shape index (κ3) is 2.96. The Labute approximate surface area is 161 Å². The first kappa shape index (κ1) is 17.0. The lowest BCUT2D eigenvalue weighted by molar-refractivity contribution is 1.22. The number of aryl methyl sites for hydroxylation is 2. The molecule has 0 saturated heterocycles. The summed E-state index contributed by atoms with van der Waals surface area (Å²) in [5.41, 5.74) is 5.78. The topological polar surface area (TPSA) is 37.8 Å². The Balaban J connectivity index is 1.96. The van der Waals surface area contributed by atoms with Gasteiger partial charge in [-0.3, -0.25) is 0 Å². The van der Waals surface area contributed by atoms with Gasteiger partial charge in [0, 0.05) is 16.1 Å². The monoisotopic (exact) mass is 379 g/mol. The van der Waals surface area contributed by atoms with Crippen LogP contribution in [0.25, 0.3) is 21.3 Å². The van der Waals surface area contributed by atoms with Gasteiger partial charge < -0.3 is 5.32 Å². The quantitative estimate of drug-likeness (QED) is 0.403. The van der Waals surface area contributed by atoms with Crippen molar-refractivity contribution in [3.8, 4) is 11.1 Å². The maximum absolute atomic E-state index is 6.21. The van der Waals surface area contributed by atoms with Gasteiger partial charge in [0.15, 0.2) is 0 Å². The summed E-state index contributed by atoms with van der Waals surface area (Å²) in [5.74, 6) is 0.747. The lowest BCUT2D eigenvalue weighted by atomic mass is 10.0. The van der Waals surface area contributed by atoms with E-state index < -0.39 is 0 Å². The molecule has 130 valence electrons. The van der Waals surface area contributed by atoms with Crippen molar-refractivity contribution >= 4 is 44.7 Å². The molecule has 2 aromatic carbocycles. The average molecular weight is 380 g/mol. The van der Waals surface area contributed by atoms with Crippen molar-refractivity contribution in [3.05, 3.63) is 69.8 Å². The molecule has 26 heavy (non-hydrogen) atoms. The van der Waals surface area contributed by atoms with Crippen LogP contribution in [0.5, 0.6) is 0 Å². The van der Waals surface area contributed by atoms with Gasteiger partial charge in [-0.1, -0.05) is 42.5 Å². The van der Waals surface area contributed by atoms with Crippen LogP contribution in [0.1, 0.15) is 16.0 Å². The molecule has 5 heteroatoms. The van der Waals surface area contributed by atoms with Crippen LogP contribution in [-0.2, 0) is 0 Å². The Morgan fingerprint density at radius 3 is 2.46 bits per heavy atom. The number of halogens is 1. The zero-order chi connectivity index (χ0) is 18.3. The molecule has 0 amide bonds. The van der Waals surface area contributed by atoms with Gasteiger partial charge in [-0.25, -0.2) is 4.98 Å². The number of aromatic nitrogens is 2. The van der Waals surface area contributed by atoms with Crippen molar-refractivity contribution < 1.29 is 0 Å². The maximum atomic E-state index is 6.21. The van der Waals surface area contributed by atoms with E-state index in [9.17, 15) is 0 Å². The third-order valence-corrected chi connectivity index (χ3v) is 5.79. The number of nitrogens with zero attached hydrogens (tertiary/aromatic N) is 2. The molecule has 0 radical (unpaired) electrons. The van der Waals surface area contributed by atoms with Crippen LogP contribution in [0, 0.1) is 20.8 Å². The number of hydrogen-bond acceptors (Lipinski definition) is 4. The number of rotatable bonds is 3. The second kappa shape index (κ2) is 6.71. The first-order chi connectivity index (χ1) is 12.5. The largest absolute Gasteiger partial charge is 0.339 e. The van der Waals surface area contributed by atoms with Crippen LogP contribution in [-0.4, -0.2) is 9.97 Å². The van der Waals surface area contributed by atoms with Crippen molar-refractivity contribution in [2.45, 2.75) is 20.8 Å². The fourth-order valence-corrected chi connectivity index (χ4v) is 4.41. The van der Waals surface area contributed by atoms with Gasteiger partial charge in [-0.05, 0) is 55.1 Å². The number of nitrogens with one attached hydrogen (secondary N) is 1. The van der Waals surface area contributed by atoms with Crippen LogP contribution < -0.4 is 5.32 Å². The number of thiophene rings is 1. The Hall–Kier alpha value is -2.43.